The smallest absolute Gasteiger partial charge is 0.326 e. The largest absolute Gasteiger partial charge is 0.480 e. The van der Waals surface area contributed by atoms with Crippen molar-refractivity contribution in [1.82, 2.24) is 10.6 Å². The Bertz CT molecular complexity index is 245. The Morgan fingerprint density at radius 1 is 1.57 bits per heavy atom. The molecule has 2 amide bonds. The van der Waals surface area contributed by atoms with Crippen LogP contribution < -0.4 is 10.6 Å². The molecule has 0 aromatic carbocycles. The van der Waals surface area contributed by atoms with E-state index < -0.39 is 18.0 Å². The molecule has 0 saturated heterocycles. The summed E-state index contributed by atoms with van der Waals surface area (Å²) in [6.45, 7) is 1.93. The Morgan fingerprint density at radius 3 is 2.64 bits per heavy atom. The number of carbonyl (C=O) groups is 2. The van der Waals surface area contributed by atoms with Gasteiger partial charge < -0.3 is 15.7 Å². The van der Waals surface area contributed by atoms with Gasteiger partial charge in [-0.3, -0.25) is 0 Å². The van der Waals surface area contributed by atoms with Crippen molar-refractivity contribution in [3.8, 4) is 12.3 Å². The van der Waals surface area contributed by atoms with Crippen molar-refractivity contribution in [2.45, 2.75) is 25.8 Å². The van der Waals surface area contributed by atoms with Crippen LogP contribution in [0.3, 0.4) is 0 Å². The van der Waals surface area contributed by atoms with Crippen molar-refractivity contribution in [1.29, 1.82) is 0 Å². The van der Waals surface area contributed by atoms with Crippen molar-refractivity contribution in [3.05, 3.63) is 0 Å². The minimum absolute atomic E-state index is 0.0876. The highest BCUT2D eigenvalue weighted by Gasteiger charge is 2.17. The second-order valence-corrected chi connectivity index (χ2v) is 2.71. The van der Waals surface area contributed by atoms with E-state index in [-0.39, 0.29) is 6.54 Å². The first-order chi connectivity index (χ1) is 6.61. The van der Waals surface area contributed by atoms with Crippen LogP contribution in [0.25, 0.3) is 0 Å². The van der Waals surface area contributed by atoms with Crippen LogP contribution in [0.2, 0.25) is 0 Å². The van der Waals surface area contributed by atoms with Gasteiger partial charge >= 0.3 is 12.0 Å². The van der Waals surface area contributed by atoms with Gasteiger partial charge in [0.05, 0.1) is 6.54 Å². The topological polar surface area (TPSA) is 78.4 Å². The molecule has 14 heavy (non-hydrogen) atoms. The molecule has 0 heterocycles. The van der Waals surface area contributed by atoms with Gasteiger partial charge in [0.25, 0.3) is 0 Å². The number of hydrogen-bond acceptors (Lipinski definition) is 2. The number of rotatable bonds is 5. The summed E-state index contributed by atoms with van der Waals surface area (Å²) < 4.78 is 0. The minimum atomic E-state index is -1.04. The third kappa shape index (κ3) is 5.04. The second kappa shape index (κ2) is 6.78. The number of hydrogen-bond donors (Lipinski definition) is 3. The summed E-state index contributed by atoms with van der Waals surface area (Å²) in [5.74, 6) is 1.17. The first kappa shape index (κ1) is 12.3. The minimum Gasteiger partial charge on any atom is -0.480 e. The Balaban J connectivity index is 3.97. The SMILES string of the molecule is C#CCNC(=O)N[C@H](CCC)C(=O)O. The van der Waals surface area contributed by atoms with Gasteiger partial charge in [0.2, 0.25) is 0 Å². The van der Waals surface area contributed by atoms with E-state index in [0.717, 1.165) is 0 Å². The summed E-state index contributed by atoms with van der Waals surface area (Å²) in [7, 11) is 0. The van der Waals surface area contributed by atoms with Crippen LogP contribution in [0, 0.1) is 12.3 Å². The lowest BCUT2D eigenvalue weighted by Gasteiger charge is -2.13. The molecule has 3 N–H and O–H groups in total. The highest BCUT2D eigenvalue weighted by molar-refractivity contribution is 5.82. The zero-order valence-corrected chi connectivity index (χ0v) is 8.04. The molecule has 0 aliphatic carbocycles. The molecule has 0 aliphatic heterocycles. The first-order valence-corrected chi connectivity index (χ1v) is 4.32. The third-order valence-electron chi connectivity index (χ3n) is 1.53. The van der Waals surface area contributed by atoms with Crippen LogP contribution in [0.5, 0.6) is 0 Å². The van der Waals surface area contributed by atoms with E-state index in [0.29, 0.717) is 12.8 Å². The average Bonchev–Trinajstić information content (AvgIpc) is 2.14. The Morgan fingerprint density at radius 2 is 2.21 bits per heavy atom. The molecule has 0 bridgehead atoms. The lowest BCUT2D eigenvalue weighted by molar-refractivity contribution is -0.139. The zero-order valence-electron chi connectivity index (χ0n) is 8.04. The maximum atomic E-state index is 11.0. The number of amides is 2. The Kier molecular flexibility index (Phi) is 5.95. The quantitative estimate of drug-likeness (QED) is 0.551. The van der Waals surface area contributed by atoms with E-state index in [1.165, 1.54) is 0 Å². The zero-order chi connectivity index (χ0) is 11.0. The second-order valence-electron chi connectivity index (χ2n) is 2.71. The molecule has 0 saturated carbocycles. The molecule has 0 aromatic heterocycles. The lowest BCUT2D eigenvalue weighted by atomic mass is 10.2. The molecule has 0 spiro atoms. The van der Waals surface area contributed by atoms with Crippen LogP contribution in [0.4, 0.5) is 4.79 Å². The number of urea groups is 1. The van der Waals surface area contributed by atoms with Crippen molar-refractivity contribution in [3.63, 3.8) is 0 Å². The fraction of sp³-hybridized carbons (Fsp3) is 0.556. The van der Waals surface area contributed by atoms with Gasteiger partial charge in [-0.05, 0) is 6.42 Å². The summed E-state index contributed by atoms with van der Waals surface area (Å²) in [5, 5.41) is 13.3. The molecule has 1 atom stereocenters. The van der Waals surface area contributed by atoms with Gasteiger partial charge in [-0.2, -0.15) is 0 Å². The highest BCUT2D eigenvalue weighted by atomic mass is 16.4. The highest BCUT2D eigenvalue weighted by Crippen LogP contribution is 1.96. The number of aliphatic carboxylic acids is 1. The van der Waals surface area contributed by atoms with Crippen molar-refractivity contribution in [2.75, 3.05) is 6.54 Å². The molecule has 0 aliphatic rings. The fourth-order valence-electron chi connectivity index (χ4n) is 0.887. The molecule has 5 heteroatoms. The van der Waals surface area contributed by atoms with E-state index in [9.17, 15) is 9.59 Å². The van der Waals surface area contributed by atoms with Gasteiger partial charge in [0.1, 0.15) is 6.04 Å². The van der Waals surface area contributed by atoms with Gasteiger partial charge in [-0.15, -0.1) is 6.42 Å². The summed E-state index contributed by atoms with van der Waals surface area (Å²) >= 11 is 0. The van der Waals surface area contributed by atoms with Crippen LogP contribution in [-0.4, -0.2) is 29.7 Å². The Hall–Kier alpha value is -1.70. The van der Waals surface area contributed by atoms with E-state index in [1.807, 2.05) is 6.92 Å². The summed E-state index contributed by atoms with van der Waals surface area (Å²) in [6.07, 6.45) is 6.01. The molecular formula is C9H14N2O3. The van der Waals surface area contributed by atoms with Gasteiger partial charge in [-0.25, -0.2) is 9.59 Å². The molecule has 78 valence electrons. The van der Waals surface area contributed by atoms with Crippen LogP contribution in [0.15, 0.2) is 0 Å². The molecule has 0 unspecified atom stereocenters. The predicted octanol–water partition coefficient (Wildman–Crippen LogP) is 0.172. The van der Waals surface area contributed by atoms with E-state index in [2.05, 4.69) is 16.6 Å². The molecular weight excluding hydrogens is 184 g/mol. The van der Waals surface area contributed by atoms with Gasteiger partial charge in [0, 0.05) is 0 Å². The Labute approximate surface area is 82.9 Å². The van der Waals surface area contributed by atoms with Crippen molar-refractivity contribution >= 4 is 12.0 Å². The van der Waals surface area contributed by atoms with Crippen molar-refractivity contribution < 1.29 is 14.7 Å². The average molecular weight is 198 g/mol. The van der Waals surface area contributed by atoms with Crippen LogP contribution >= 0.6 is 0 Å². The normalized spacial score (nSPS) is 11.1. The first-order valence-electron chi connectivity index (χ1n) is 4.32. The van der Waals surface area contributed by atoms with Crippen LogP contribution in [-0.2, 0) is 4.79 Å². The van der Waals surface area contributed by atoms with Crippen molar-refractivity contribution in [2.24, 2.45) is 0 Å². The molecule has 0 fully saturated rings. The molecule has 0 radical (unpaired) electrons. The van der Waals surface area contributed by atoms with Gasteiger partial charge in [-0.1, -0.05) is 19.3 Å². The number of nitrogens with one attached hydrogen (secondary N) is 2. The number of carbonyl (C=O) groups excluding carboxylic acids is 1. The third-order valence-corrected chi connectivity index (χ3v) is 1.53. The van der Waals surface area contributed by atoms with E-state index >= 15 is 0 Å². The fourth-order valence-corrected chi connectivity index (χ4v) is 0.887. The van der Waals surface area contributed by atoms with E-state index in [1.54, 1.807) is 0 Å². The molecule has 0 rings (SSSR count). The predicted molar refractivity (Wildman–Crippen MR) is 51.7 cm³/mol. The van der Waals surface area contributed by atoms with Crippen LogP contribution in [0.1, 0.15) is 19.8 Å². The monoisotopic (exact) mass is 198 g/mol. The maximum Gasteiger partial charge on any atom is 0.326 e. The molecule has 5 nitrogen and oxygen atoms in total. The van der Waals surface area contributed by atoms with E-state index in [4.69, 9.17) is 11.5 Å². The lowest BCUT2D eigenvalue weighted by Crippen LogP contribution is -2.46. The summed E-state index contributed by atoms with van der Waals surface area (Å²) in [6, 6.07) is -1.40. The van der Waals surface area contributed by atoms with Gasteiger partial charge in [0.15, 0.2) is 0 Å². The number of carboxylic acid groups (broad SMARTS) is 1. The number of carboxylic acids is 1. The number of terminal acetylenes is 1. The molecule has 0 aromatic rings. The summed E-state index contributed by atoms with van der Waals surface area (Å²) in [4.78, 5) is 21.6. The summed E-state index contributed by atoms with van der Waals surface area (Å²) in [5.41, 5.74) is 0. The standard InChI is InChI=1S/C9H14N2O3/c1-3-5-7(8(12)13)11-9(14)10-6-4-2/h2,7H,3,5-6H2,1H3,(H,12,13)(H2,10,11,14)/t7-/m1/s1. The maximum absolute atomic E-state index is 11.0.